The molecule has 1 aliphatic rings. The van der Waals surface area contributed by atoms with Crippen LogP contribution in [0.3, 0.4) is 0 Å². The van der Waals surface area contributed by atoms with E-state index in [9.17, 15) is 0 Å². The molecule has 0 N–H and O–H groups in total. The molecule has 1 aromatic heterocycles. The summed E-state index contributed by atoms with van der Waals surface area (Å²) in [5.74, 6) is 0.639. The number of ether oxygens (including phenoxy) is 3. The highest BCUT2D eigenvalue weighted by atomic mass is 16.5. The van der Waals surface area contributed by atoms with Gasteiger partial charge in [0.05, 0.1) is 27.9 Å². The Kier molecular flexibility index (Phi) is 3.60. The highest BCUT2D eigenvalue weighted by Crippen LogP contribution is 2.28. The molecule has 2 heterocycles. The lowest BCUT2D eigenvalue weighted by atomic mass is 10.1. The van der Waals surface area contributed by atoms with Crippen LogP contribution in [0.2, 0.25) is 0 Å². The van der Waals surface area contributed by atoms with Crippen LogP contribution in [-0.4, -0.2) is 61.5 Å². The highest BCUT2D eigenvalue weighted by Gasteiger charge is 2.41. The molecule has 19 heavy (non-hydrogen) atoms. The minimum Gasteiger partial charge on any atom is -0.466 e. The van der Waals surface area contributed by atoms with E-state index in [0.717, 1.165) is 13.1 Å². The van der Waals surface area contributed by atoms with Crippen molar-refractivity contribution in [2.45, 2.75) is 19.4 Å². The lowest BCUT2D eigenvalue weighted by molar-refractivity contribution is -0.0782. The Morgan fingerprint density at radius 1 is 1.11 bits per heavy atom. The largest absolute Gasteiger partial charge is 0.466 e. The first-order chi connectivity index (χ1) is 8.88. The van der Waals surface area contributed by atoms with Crippen molar-refractivity contribution in [1.82, 2.24) is 19.4 Å². The summed E-state index contributed by atoms with van der Waals surface area (Å²) in [6.45, 7) is 6.39. The summed E-state index contributed by atoms with van der Waals surface area (Å²) in [4.78, 5) is 12.7. The summed E-state index contributed by atoms with van der Waals surface area (Å²) in [6.07, 6.45) is 0. The summed E-state index contributed by atoms with van der Waals surface area (Å²) in [7, 11) is 5.14. The third-order valence-corrected chi connectivity index (χ3v) is 3.24. The number of likely N-dealkylation sites (N-methyl/N-ethyl adjacent to an activating group) is 1. The second-order valence-electron chi connectivity index (χ2n) is 5.49. The summed E-state index contributed by atoms with van der Waals surface area (Å²) in [5, 5.41) is 0. The van der Waals surface area contributed by atoms with Crippen LogP contribution < -0.4 is 14.0 Å². The normalized spacial score (nSPS) is 25.9. The first kappa shape index (κ1) is 14.0. The highest BCUT2D eigenvalue weighted by molar-refractivity contribution is 5.28. The fraction of sp³-hybridized carbons (Fsp3) is 0.750. The van der Waals surface area contributed by atoms with Crippen molar-refractivity contribution in [3.63, 3.8) is 0 Å². The van der Waals surface area contributed by atoms with Crippen LogP contribution in [0.5, 0.6) is 12.0 Å². The average Bonchev–Trinajstić information content (AvgIpc) is 2.36. The van der Waals surface area contributed by atoms with Crippen molar-refractivity contribution in [3.8, 4) is 12.0 Å². The minimum absolute atomic E-state index is 0.208. The van der Waals surface area contributed by atoms with E-state index in [4.69, 9.17) is 14.2 Å². The van der Waals surface area contributed by atoms with Crippen molar-refractivity contribution in [2.24, 2.45) is 0 Å². The topological polar surface area (TPSA) is 66.4 Å². The summed E-state index contributed by atoms with van der Waals surface area (Å²) < 4.78 is 16.5. The maximum atomic E-state index is 5.75. The van der Waals surface area contributed by atoms with Gasteiger partial charge in [0.25, 0.3) is 0 Å². The predicted octanol–water partition coefficient (Wildman–Crippen LogP) is 0.635. The standard InChI is InChI=1S/C12H21N4O3/c1-12(2)8-16(3,6-7-19-12)9-13-10(17-4)15-11(14-9)18-5/h6-8H2,1-5H3/q+1. The Morgan fingerprint density at radius 2 is 1.68 bits per heavy atom. The van der Waals surface area contributed by atoms with Crippen molar-refractivity contribution in [2.75, 3.05) is 41.0 Å². The quantitative estimate of drug-likeness (QED) is 0.750. The molecule has 0 saturated carbocycles. The molecule has 2 rings (SSSR count). The predicted molar refractivity (Wildman–Crippen MR) is 70.4 cm³/mol. The molecule has 1 atom stereocenters. The van der Waals surface area contributed by atoms with Crippen LogP contribution >= 0.6 is 0 Å². The molecule has 0 radical (unpaired) electrons. The number of hydrogen-bond donors (Lipinski definition) is 0. The van der Waals surface area contributed by atoms with Gasteiger partial charge in [0.1, 0.15) is 18.7 Å². The number of hydrogen-bond acceptors (Lipinski definition) is 6. The fourth-order valence-corrected chi connectivity index (χ4v) is 2.41. The van der Waals surface area contributed by atoms with Gasteiger partial charge in [0.2, 0.25) is 0 Å². The molecule has 7 heteroatoms. The molecule has 0 amide bonds. The summed E-state index contributed by atoms with van der Waals surface area (Å²) in [6, 6.07) is 0.538. The van der Waals surface area contributed by atoms with Gasteiger partial charge >= 0.3 is 18.0 Å². The van der Waals surface area contributed by atoms with Crippen molar-refractivity contribution >= 4 is 5.95 Å². The number of methoxy groups -OCH3 is 2. The van der Waals surface area contributed by atoms with E-state index < -0.39 is 0 Å². The van der Waals surface area contributed by atoms with Gasteiger partial charge in [0, 0.05) is 0 Å². The van der Waals surface area contributed by atoms with Crippen molar-refractivity contribution < 1.29 is 14.2 Å². The molecule has 0 spiro atoms. The van der Waals surface area contributed by atoms with Crippen LogP contribution in [0, 0.1) is 0 Å². The number of quaternary nitrogens is 1. The fourth-order valence-electron chi connectivity index (χ4n) is 2.41. The number of morpholine rings is 1. The maximum Gasteiger partial charge on any atom is 0.338 e. The smallest absolute Gasteiger partial charge is 0.338 e. The van der Waals surface area contributed by atoms with Crippen LogP contribution in [0.25, 0.3) is 0 Å². The van der Waals surface area contributed by atoms with Gasteiger partial charge in [-0.1, -0.05) is 0 Å². The van der Waals surface area contributed by atoms with E-state index in [0.29, 0.717) is 17.0 Å². The molecule has 1 fully saturated rings. The van der Waals surface area contributed by atoms with E-state index in [1.807, 2.05) is 0 Å². The molecule has 1 unspecified atom stereocenters. The van der Waals surface area contributed by atoms with E-state index in [1.54, 1.807) is 0 Å². The van der Waals surface area contributed by atoms with Crippen LogP contribution in [0.1, 0.15) is 13.8 Å². The molecule has 0 aliphatic carbocycles. The van der Waals surface area contributed by atoms with E-state index >= 15 is 0 Å². The maximum absolute atomic E-state index is 5.75. The number of aromatic nitrogens is 3. The zero-order valence-corrected chi connectivity index (χ0v) is 12.1. The van der Waals surface area contributed by atoms with Crippen LogP contribution in [-0.2, 0) is 4.74 Å². The minimum atomic E-state index is -0.208. The first-order valence-corrected chi connectivity index (χ1v) is 6.22. The second kappa shape index (κ2) is 4.90. The zero-order chi connectivity index (χ0) is 14.1. The van der Waals surface area contributed by atoms with Gasteiger partial charge in [-0.25, -0.2) is 0 Å². The van der Waals surface area contributed by atoms with Crippen molar-refractivity contribution in [3.05, 3.63) is 0 Å². The van der Waals surface area contributed by atoms with E-state index in [2.05, 4.69) is 35.8 Å². The molecule has 7 nitrogen and oxygen atoms in total. The average molecular weight is 269 g/mol. The first-order valence-electron chi connectivity index (χ1n) is 6.22. The third kappa shape index (κ3) is 2.93. The van der Waals surface area contributed by atoms with Crippen LogP contribution in [0.4, 0.5) is 5.95 Å². The Hall–Kier alpha value is -1.47. The number of nitrogens with zero attached hydrogens (tertiary/aromatic N) is 4. The van der Waals surface area contributed by atoms with Gasteiger partial charge in [-0.15, -0.1) is 15.0 Å². The zero-order valence-electron chi connectivity index (χ0n) is 12.1. The lowest BCUT2D eigenvalue weighted by Crippen LogP contribution is -2.61. The molecular formula is C12H21N4O3+. The molecule has 0 bridgehead atoms. The lowest BCUT2D eigenvalue weighted by Gasteiger charge is -2.42. The molecule has 1 aromatic rings. The summed E-state index contributed by atoms with van der Waals surface area (Å²) >= 11 is 0. The molecular weight excluding hydrogens is 248 g/mol. The Morgan fingerprint density at radius 3 is 2.16 bits per heavy atom. The van der Waals surface area contributed by atoms with Gasteiger partial charge in [-0.3, -0.25) is 4.48 Å². The Bertz CT molecular complexity index is 444. The van der Waals surface area contributed by atoms with E-state index in [1.165, 1.54) is 14.2 Å². The second-order valence-corrected chi connectivity index (χ2v) is 5.49. The van der Waals surface area contributed by atoms with Crippen LogP contribution in [0.15, 0.2) is 0 Å². The molecule has 1 saturated heterocycles. The molecule has 0 aromatic carbocycles. The Balaban J connectivity index is 2.39. The SMILES string of the molecule is COc1nc(OC)nc([N+]2(C)CCOC(C)(C)C2)n1. The van der Waals surface area contributed by atoms with Gasteiger partial charge in [-0.05, 0) is 13.8 Å². The van der Waals surface area contributed by atoms with Gasteiger partial charge in [0.15, 0.2) is 0 Å². The van der Waals surface area contributed by atoms with Gasteiger partial charge < -0.3 is 14.2 Å². The van der Waals surface area contributed by atoms with Gasteiger partial charge in [-0.2, -0.15) is 0 Å². The van der Waals surface area contributed by atoms with Crippen molar-refractivity contribution in [1.29, 1.82) is 0 Å². The summed E-state index contributed by atoms with van der Waals surface area (Å²) in [5.41, 5.74) is -0.208. The monoisotopic (exact) mass is 269 g/mol. The number of rotatable bonds is 3. The molecule has 106 valence electrons. The molecule has 1 aliphatic heterocycles. The Labute approximate surface area is 113 Å². The third-order valence-electron chi connectivity index (χ3n) is 3.24. The van der Waals surface area contributed by atoms with E-state index in [-0.39, 0.29) is 17.6 Å².